The lowest BCUT2D eigenvalue weighted by Gasteiger charge is -2.32. The first kappa shape index (κ1) is 14.6. The third-order valence-corrected chi connectivity index (χ3v) is 5.26. The quantitative estimate of drug-likeness (QED) is 0.820. The summed E-state index contributed by atoms with van der Waals surface area (Å²) in [6, 6.07) is 5.86. The third-order valence-electron chi connectivity index (χ3n) is 4.77. The zero-order valence-electron chi connectivity index (χ0n) is 12.1. The number of nitriles is 1. The lowest BCUT2D eigenvalue weighted by molar-refractivity contribution is 0.121. The highest BCUT2D eigenvalue weighted by Crippen LogP contribution is 2.39. The third kappa shape index (κ3) is 2.02. The second-order valence-corrected chi connectivity index (χ2v) is 6.21. The Morgan fingerprint density at radius 2 is 2.19 bits per heavy atom. The van der Waals surface area contributed by atoms with Crippen LogP contribution in [0.15, 0.2) is 12.1 Å². The predicted octanol–water partition coefficient (Wildman–Crippen LogP) is 1.41. The van der Waals surface area contributed by atoms with Gasteiger partial charge in [-0.05, 0) is 38.0 Å². The van der Waals surface area contributed by atoms with Crippen molar-refractivity contribution in [3.05, 3.63) is 28.3 Å². The van der Waals surface area contributed by atoms with Crippen molar-refractivity contribution < 1.29 is 5.11 Å². The Morgan fingerprint density at radius 1 is 1.48 bits per heavy atom. The van der Waals surface area contributed by atoms with Crippen LogP contribution in [0.3, 0.4) is 0 Å². The predicted molar refractivity (Wildman–Crippen MR) is 81.9 cm³/mol. The Hall–Kier alpha value is -1.32. The smallest absolute Gasteiger partial charge is 0.135 e. The number of fused-ring (bicyclic) bond motifs is 1. The lowest BCUT2D eigenvalue weighted by atomic mass is 10.0. The van der Waals surface area contributed by atoms with E-state index in [0.29, 0.717) is 10.6 Å². The molecule has 2 aliphatic heterocycles. The van der Waals surface area contributed by atoms with Gasteiger partial charge in [-0.25, -0.2) is 0 Å². The van der Waals surface area contributed by atoms with Gasteiger partial charge in [-0.3, -0.25) is 10.6 Å². The number of hydrogen-bond donors (Lipinski definition) is 2. The fourth-order valence-corrected chi connectivity index (χ4v) is 3.90. The summed E-state index contributed by atoms with van der Waals surface area (Å²) in [5.41, 5.74) is 8.63. The number of nitrogens with zero attached hydrogens (tertiary/aromatic N) is 3. The molecule has 3 N–H and O–H groups in total. The summed E-state index contributed by atoms with van der Waals surface area (Å²) in [4.78, 5) is 4.23. The van der Waals surface area contributed by atoms with E-state index >= 15 is 0 Å². The van der Waals surface area contributed by atoms with Crippen LogP contribution < -0.4 is 10.6 Å². The summed E-state index contributed by atoms with van der Waals surface area (Å²) in [7, 11) is 0. The van der Waals surface area contributed by atoms with Crippen LogP contribution >= 0.6 is 11.6 Å². The number of hydrogen-bond acceptors (Lipinski definition) is 5. The van der Waals surface area contributed by atoms with Crippen LogP contribution in [-0.2, 0) is 0 Å². The molecule has 21 heavy (non-hydrogen) atoms. The topological polar surface area (TPSA) is 76.5 Å². The number of anilines is 1. The Balaban J connectivity index is 2.02. The zero-order valence-corrected chi connectivity index (χ0v) is 12.9. The van der Waals surface area contributed by atoms with Gasteiger partial charge < -0.3 is 10.0 Å². The van der Waals surface area contributed by atoms with Crippen molar-refractivity contribution in [1.82, 2.24) is 4.90 Å². The number of halogens is 1. The largest absolute Gasteiger partial charge is 0.391 e. The standard InChI is InChI=1S/C15H19ClN4O/c1-8-11(4-3-10(7-17)13(8)16)20-9(2)14-12(21)5-6-19(14)15(20)18/h3-4,9,12,14-15,21H,5-6,18H2,1-2H3/t9-,12-,14+,15?/m0/s1. The molecule has 0 bridgehead atoms. The molecular weight excluding hydrogens is 288 g/mol. The van der Waals surface area contributed by atoms with Gasteiger partial charge in [0.15, 0.2) is 0 Å². The van der Waals surface area contributed by atoms with Gasteiger partial charge in [0.2, 0.25) is 0 Å². The molecule has 112 valence electrons. The minimum Gasteiger partial charge on any atom is -0.391 e. The molecule has 0 saturated carbocycles. The van der Waals surface area contributed by atoms with Crippen molar-refractivity contribution in [3.63, 3.8) is 0 Å². The van der Waals surface area contributed by atoms with Gasteiger partial charge in [-0.15, -0.1) is 0 Å². The summed E-state index contributed by atoms with van der Waals surface area (Å²) in [6.45, 7) is 4.78. The molecule has 5 nitrogen and oxygen atoms in total. The maximum Gasteiger partial charge on any atom is 0.135 e. The number of aliphatic hydroxyl groups is 1. The van der Waals surface area contributed by atoms with E-state index in [9.17, 15) is 5.11 Å². The van der Waals surface area contributed by atoms with E-state index in [0.717, 1.165) is 24.2 Å². The van der Waals surface area contributed by atoms with E-state index in [2.05, 4.69) is 22.8 Å². The van der Waals surface area contributed by atoms with Gasteiger partial charge in [0.05, 0.1) is 22.7 Å². The molecule has 0 aliphatic carbocycles. The van der Waals surface area contributed by atoms with Crippen molar-refractivity contribution in [2.75, 3.05) is 11.4 Å². The van der Waals surface area contributed by atoms with Crippen molar-refractivity contribution >= 4 is 17.3 Å². The summed E-state index contributed by atoms with van der Waals surface area (Å²) in [5.74, 6) is 0. The molecular formula is C15H19ClN4O. The summed E-state index contributed by atoms with van der Waals surface area (Å²) in [5, 5.41) is 19.7. The van der Waals surface area contributed by atoms with Crippen LogP contribution in [0.25, 0.3) is 0 Å². The van der Waals surface area contributed by atoms with E-state index in [-0.39, 0.29) is 24.5 Å². The van der Waals surface area contributed by atoms with Crippen molar-refractivity contribution in [3.8, 4) is 6.07 Å². The van der Waals surface area contributed by atoms with Crippen LogP contribution in [0.4, 0.5) is 5.69 Å². The van der Waals surface area contributed by atoms with Crippen molar-refractivity contribution in [2.24, 2.45) is 5.73 Å². The van der Waals surface area contributed by atoms with Crippen molar-refractivity contribution in [1.29, 1.82) is 5.26 Å². The minimum absolute atomic E-state index is 0.0498. The molecule has 2 saturated heterocycles. The molecule has 0 radical (unpaired) electrons. The molecule has 2 heterocycles. The normalized spacial score (nSPS) is 32.3. The van der Waals surface area contributed by atoms with Gasteiger partial charge in [-0.2, -0.15) is 5.26 Å². The molecule has 1 aromatic carbocycles. The number of aliphatic hydroxyl groups excluding tert-OH is 1. The second kappa shape index (κ2) is 5.15. The zero-order chi connectivity index (χ0) is 15.3. The van der Waals surface area contributed by atoms with E-state index in [1.165, 1.54) is 0 Å². The molecule has 2 aliphatic rings. The lowest BCUT2D eigenvalue weighted by Crippen LogP contribution is -2.47. The molecule has 1 unspecified atom stereocenters. The van der Waals surface area contributed by atoms with Gasteiger partial charge in [-0.1, -0.05) is 11.6 Å². The van der Waals surface area contributed by atoms with Crippen LogP contribution in [0.1, 0.15) is 24.5 Å². The van der Waals surface area contributed by atoms with Gasteiger partial charge >= 0.3 is 0 Å². The Bertz CT molecular complexity index is 614. The SMILES string of the molecule is Cc1c(N2C(N)N3CC[C@H](O)[C@H]3[C@@H]2C)ccc(C#N)c1Cl. The molecule has 3 rings (SSSR count). The minimum atomic E-state index is -0.342. The summed E-state index contributed by atoms with van der Waals surface area (Å²) >= 11 is 6.27. The van der Waals surface area contributed by atoms with E-state index in [1.54, 1.807) is 6.07 Å². The van der Waals surface area contributed by atoms with E-state index in [4.69, 9.17) is 22.6 Å². The first-order valence-corrected chi connectivity index (χ1v) is 7.52. The Morgan fingerprint density at radius 3 is 2.81 bits per heavy atom. The van der Waals surface area contributed by atoms with E-state index in [1.807, 2.05) is 13.0 Å². The molecule has 0 spiro atoms. The van der Waals surface area contributed by atoms with Crippen LogP contribution in [0.2, 0.25) is 5.02 Å². The highest BCUT2D eigenvalue weighted by molar-refractivity contribution is 6.32. The van der Waals surface area contributed by atoms with Gasteiger partial charge in [0.25, 0.3) is 0 Å². The highest BCUT2D eigenvalue weighted by atomic mass is 35.5. The van der Waals surface area contributed by atoms with Gasteiger partial charge in [0, 0.05) is 18.3 Å². The number of benzene rings is 1. The molecule has 0 amide bonds. The summed E-state index contributed by atoms with van der Waals surface area (Å²) in [6.07, 6.45) is 0.152. The van der Waals surface area contributed by atoms with Crippen LogP contribution in [0.5, 0.6) is 0 Å². The Kier molecular flexibility index (Phi) is 3.58. The fraction of sp³-hybridized carbons (Fsp3) is 0.533. The van der Waals surface area contributed by atoms with Crippen molar-refractivity contribution in [2.45, 2.75) is 44.7 Å². The molecule has 0 aromatic heterocycles. The van der Waals surface area contributed by atoms with Gasteiger partial charge in [0.1, 0.15) is 12.4 Å². The maximum absolute atomic E-state index is 10.2. The second-order valence-electron chi connectivity index (χ2n) is 5.83. The van der Waals surface area contributed by atoms with Crippen LogP contribution in [-0.4, -0.2) is 41.0 Å². The molecule has 6 heteroatoms. The monoisotopic (exact) mass is 306 g/mol. The molecule has 4 atom stereocenters. The maximum atomic E-state index is 10.2. The van der Waals surface area contributed by atoms with Crippen LogP contribution in [0, 0.1) is 18.3 Å². The average molecular weight is 307 g/mol. The molecule has 1 aromatic rings. The fourth-order valence-electron chi connectivity index (χ4n) is 3.70. The number of rotatable bonds is 1. The first-order valence-electron chi connectivity index (χ1n) is 7.14. The molecule has 2 fully saturated rings. The summed E-state index contributed by atoms with van der Waals surface area (Å²) < 4.78 is 0. The Labute approximate surface area is 129 Å². The highest BCUT2D eigenvalue weighted by Gasteiger charge is 2.50. The average Bonchev–Trinajstić information content (AvgIpc) is 2.95. The first-order chi connectivity index (χ1) is 9.97. The number of nitrogens with two attached hydrogens (primary N) is 1. The van der Waals surface area contributed by atoms with E-state index < -0.39 is 0 Å².